The van der Waals surface area contributed by atoms with Crippen LogP contribution in [0.4, 0.5) is 4.39 Å². The number of nitrogens with zero attached hydrogens (tertiary/aromatic N) is 2. The number of hydrogen-bond acceptors (Lipinski definition) is 5. The Balaban J connectivity index is 1.72. The molecule has 26 heavy (non-hydrogen) atoms. The molecule has 1 atom stereocenters. The van der Waals surface area contributed by atoms with Gasteiger partial charge in [0.05, 0.1) is 31.5 Å². The Morgan fingerprint density at radius 2 is 2.19 bits per heavy atom. The second-order valence-corrected chi connectivity index (χ2v) is 6.45. The van der Waals surface area contributed by atoms with Crippen LogP contribution in [0.15, 0.2) is 35.3 Å². The largest absolute Gasteiger partial charge is 0.481 e. The van der Waals surface area contributed by atoms with Crippen LogP contribution >= 0.6 is 0 Å². The fraction of sp³-hybridized carbons (Fsp3) is 0.350. The molecular weight excluding hydrogens is 335 g/mol. The quantitative estimate of drug-likeness (QED) is 0.864. The number of fused-ring (bicyclic) bond motifs is 1. The summed E-state index contributed by atoms with van der Waals surface area (Å²) in [6.07, 6.45) is 0.471. The zero-order valence-electron chi connectivity index (χ0n) is 14.8. The first-order valence-electron chi connectivity index (χ1n) is 8.50. The van der Waals surface area contributed by atoms with Gasteiger partial charge in [-0.25, -0.2) is 9.38 Å². The van der Waals surface area contributed by atoms with Crippen LogP contribution in [-0.2, 0) is 29.1 Å². The molecule has 2 heterocycles. The van der Waals surface area contributed by atoms with Crippen LogP contribution in [0.5, 0.6) is 0 Å². The van der Waals surface area contributed by atoms with Gasteiger partial charge in [0.1, 0.15) is 11.6 Å². The molecule has 1 aromatic heterocycles. The number of carbonyl (C=O) groups excluding carboxylic acids is 1. The van der Waals surface area contributed by atoms with Gasteiger partial charge in [0.25, 0.3) is 0 Å². The molecule has 0 spiro atoms. The van der Waals surface area contributed by atoms with Gasteiger partial charge < -0.3 is 9.84 Å². The number of aliphatic imine (C=N–C) groups is 1. The number of halogens is 1. The summed E-state index contributed by atoms with van der Waals surface area (Å²) >= 11 is 0. The molecule has 0 amide bonds. The molecule has 1 aliphatic rings. The van der Waals surface area contributed by atoms with E-state index in [1.54, 1.807) is 6.07 Å². The van der Waals surface area contributed by atoms with Gasteiger partial charge in [0, 0.05) is 18.5 Å². The molecule has 1 aromatic carbocycles. The lowest BCUT2D eigenvalue weighted by Crippen LogP contribution is -2.13. The lowest BCUT2D eigenvalue weighted by Gasteiger charge is -2.13. The van der Waals surface area contributed by atoms with Crippen LogP contribution < -0.4 is 0 Å². The summed E-state index contributed by atoms with van der Waals surface area (Å²) in [5.74, 6) is 0.107. The van der Waals surface area contributed by atoms with E-state index in [0.717, 1.165) is 16.7 Å². The zero-order valence-corrected chi connectivity index (χ0v) is 14.8. The van der Waals surface area contributed by atoms with Crippen molar-refractivity contribution >= 4 is 11.7 Å². The number of methoxy groups -OCH3 is 1. The van der Waals surface area contributed by atoms with Crippen LogP contribution in [-0.4, -0.2) is 28.9 Å². The first kappa shape index (κ1) is 18.2. The normalized spacial score (nSPS) is 13.9. The summed E-state index contributed by atoms with van der Waals surface area (Å²) in [6, 6.07) is 8.16. The molecule has 1 aliphatic heterocycles. The Bertz CT molecular complexity index is 864. The third kappa shape index (κ3) is 3.80. The number of aliphatic hydroxyl groups is 1. The number of hydrogen-bond donors (Lipinski definition) is 1. The molecule has 6 heteroatoms. The van der Waals surface area contributed by atoms with E-state index in [9.17, 15) is 14.3 Å². The summed E-state index contributed by atoms with van der Waals surface area (Å²) in [6.45, 7) is 2.11. The van der Waals surface area contributed by atoms with Crippen molar-refractivity contribution in [1.82, 2.24) is 4.98 Å². The minimum Gasteiger partial charge on any atom is -0.481 e. The molecule has 5 nitrogen and oxygen atoms in total. The van der Waals surface area contributed by atoms with E-state index in [4.69, 9.17) is 4.74 Å². The average molecular weight is 356 g/mol. The molecular formula is C20H21FN2O3. The third-order valence-corrected chi connectivity index (χ3v) is 4.51. The average Bonchev–Trinajstić information content (AvgIpc) is 3.04. The van der Waals surface area contributed by atoms with Crippen LogP contribution in [0, 0.1) is 5.82 Å². The smallest absolute Gasteiger partial charge is 0.218 e. The van der Waals surface area contributed by atoms with Gasteiger partial charge in [0.15, 0.2) is 0 Å². The maximum atomic E-state index is 13.3. The van der Waals surface area contributed by atoms with E-state index in [1.807, 2.05) is 19.1 Å². The van der Waals surface area contributed by atoms with E-state index in [2.05, 4.69) is 9.98 Å². The van der Waals surface area contributed by atoms with Crippen molar-refractivity contribution < 1.29 is 19.0 Å². The summed E-state index contributed by atoms with van der Waals surface area (Å²) in [7, 11) is 1.53. The highest BCUT2D eigenvalue weighted by Gasteiger charge is 2.23. The molecule has 0 saturated heterocycles. The van der Waals surface area contributed by atoms with Crippen molar-refractivity contribution in [2.75, 3.05) is 7.11 Å². The first-order valence-corrected chi connectivity index (χ1v) is 8.50. The third-order valence-electron chi connectivity index (χ3n) is 4.51. The highest BCUT2D eigenvalue weighted by Crippen LogP contribution is 2.25. The van der Waals surface area contributed by atoms with Gasteiger partial charge in [-0.1, -0.05) is 19.1 Å². The molecule has 136 valence electrons. The predicted molar refractivity (Wildman–Crippen MR) is 95.6 cm³/mol. The summed E-state index contributed by atoms with van der Waals surface area (Å²) in [5.41, 5.74) is 3.51. The van der Waals surface area contributed by atoms with E-state index in [1.165, 1.54) is 19.2 Å². The zero-order chi connectivity index (χ0) is 18.7. The molecule has 0 radical (unpaired) electrons. The number of Topliss-reactive ketones (excluding diaryl/α,β-unsaturated/α-hetero) is 1. The molecule has 0 unspecified atom stereocenters. The minimum absolute atomic E-state index is 0.0176. The van der Waals surface area contributed by atoms with Crippen LogP contribution in [0.25, 0.3) is 0 Å². The van der Waals surface area contributed by atoms with E-state index >= 15 is 0 Å². The predicted octanol–water partition coefficient (Wildman–Crippen LogP) is 2.93. The van der Waals surface area contributed by atoms with Gasteiger partial charge in [-0.15, -0.1) is 0 Å². The van der Waals surface area contributed by atoms with Crippen molar-refractivity contribution in [3.63, 3.8) is 0 Å². The fourth-order valence-corrected chi connectivity index (χ4v) is 3.26. The number of ketones is 1. The molecule has 3 rings (SSSR count). The number of carbonyl (C=O) groups is 1. The number of aliphatic hydroxyl groups excluding tert-OH is 1. The first-order chi connectivity index (χ1) is 12.5. The maximum absolute atomic E-state index is 13.3. The van der Waals surface area contributed by atoms with Gasteiger partial charge >= 0.3 is 0 Å². The fourth-order valence-electron chi connectivity index (χ4n) is 3.26. The Kier molecular flexibility index (Phi) is 5.42. The monoisotopic (exact) mass is 356 g/mol. The summed E-state index contributed by atoms with van der Waals surface area (Å²) in [5, 5.41) is 9.60. The number of benzene rings is 1. The molecule has 0 aliphatic carbocycles. The second kappa shape index (κ2) is 7.74. The number of pyridine rings is 1. The minimum atomic E-state index is -0.302. The van der Waals surface area contributed by atoms with Crippen LogP contribution in [0.1, 0.15) is 47.3 Å². The van der Waals surface area contributed by atoms with Gasteiger partial charge in [-0.05, 0) is 35.2 Å². The van der Waals surface area contributed by atoms with Crippen molar-refractivity contribution in [3.05, 3.63) is 64.2 Å². The highest BCUT2D eigenvalue weighted by molar-refractivity contribution is 5.98. The van der Waals surface area contributed by atoms with Crippen LogP contribution in [0.3, 0.4) is 0 Å². The van der Waals surface area contributed by atoms with Crippen molar-refractivity contribution in [3.8, 4) is 0 Å². The molecule has 0 saturated carbocycles. The van der Waals surface area contributed by atoms with Gasteiger partial charge in [-0.3, -0.25) is 9.78 Å². The molecule has 0 bridgehead atoms. The van der Waals surface area contributed by atoms with Gasteiger partial charge in [-0.2, -0.15) is 0 Å². The van der Waals surface area contributed by atoms with Crippen molar-refractivity contribution in [2.24, 2.45) is 4.99 Å². The number of rotatable bonds is 6. The second-order valence-electron chi connectivity index (χ2n) is 6.45. The Hall–Kier alpha value is -2.60. The SMILES string of the molecule is COC1=NCc2cc(CC(=O)C[C@H](C)c3cccc(F)c3)nc(CO)c21. The maximum Gasteiger partial charge on any atom is 0.218 e. The van der Waals surface area contributed by atoms with Gasteiger partial charge in [0.2, 0.25) is 5.90 Å². The van der Waals surface area contributed by atoms with E-state index < -0.39 is 0 Å². The number of aromatic nitrogens is 1. The Morgan fingerprint density at radius 1 is 1.38 bits per heavy atom. The van der Waals surface area contributed by atoms with Crippen LogP contribution in [0.2, 0.25) is 0 Å². The topological polar surface area (TPSA) is 71.8 Å². The lowest BCUT2D eigenvalue weighted by atomic mass is 9.94. The summed E-state index contributed by atoms with van der Waals surface area (Å²) in [4.78, 5) is 21.1. The van der Waals surface area contributed by atoms with E-state index in [-0.39, 0.29) is 30.5 Å². The lowest BCUT2D eigenvalue weighted by molar-refractivity contribution is -0.118. The summed E-state index contributed by atoms with van der Waals surface area (Å²) < 4.78 is 18.6. The Labute approximate surface area is 151 Å². The number of ether oxygens (including phenoxy) is 1. The molecule has 2 aromatic rings. The van der Waals surface area contributed by atoms with Crippen molar-refractivity contribution in [1.29, 1.82) is 0 Å². The van der Waals surface area contributed by atoms with E-state index in [0.29, 0.717) is 30.3 Å². The molecule has 0 fully saturated rings. The molecule has 1 N–H and O–H groups in total. The standard InChI is InChI=1S/C20H21FN2O3/c1-12(13-4-3-5-15(21)7-13)6-17(25)9-16-8-14-10-22-20(26-2)19(14)18(11-24)23-16/h3-5,7-8,12,24H,6,9-11H2,1-2H3/t12-/m0/s1. The Morgan fingerprint density at radius 3 is 2.88 bits per heavy atom. The van der Waals surface area contributed by atoms with Crippen molar-refractivity contribution in [2.45, 2.75) is 38.8 Å². The highest BCUT2D eigenvalue weighted by atomic mass is 19.1.